The molecular formula is C20H26N8S. The minimum absolute atomic E-state index is 0.502. The normalized spacial score (nSPS) is 14.6. The molecular weight excluding hydrogens is 384 g/mol. The summed E-state index contributed by atoms with van der Waals surface area (Å²) in [5.41, 5.74) is 1.24. The lowest BCUT2D eigenvalue weighted by Crippen LogP contribution is -2.28. The van der Waals surface area contributed by atoms with Crippen molar-refractivity contribution in [3.63, 3.8) is 0 Å². The maximum Gasteiger partial charge on any atom is 0.258 e. The lowest BCUT2D eigenvalue weighted by molar-refractivity contribution is 0.723. The van der Waals surface area contributed by atoms with E-state index in [0.29, 0.717) is 17.1 Å². The van der Waals surface area contributed by atoms with E-state index in [1.165, 1.54) is 31.2 Å². The van der Waals surface area contributed by atoms with E-state index in [9.17, 15) is 0 Å². The van der Waals surface area contributed by atoms with Gasteiger partial charge in [0.25, 0.3) is 5.95 Å². The Labute approximate surface area is 175 Å². The van der Waals surface area contributed by atoms with Gasteiger partial charge in [-0.15, -0.1) is 5.10 Å². The third-order valence-corrected chi connectivity index (χ3v) is 5.70. The van der Waals surface area contributed by atoms with E-state index in [-0.39, 0.29) is 0 Å². The van der Waals surface area contributed by atoms with E-state index in [2.05, 4.69) is 37.1 Å². The van der Waals surface area contributed by atoms with E-state index in [1.54, 1.807) is 22.8 Å². The maximum atomic E-state index is 4.71. The van der Waals surface area contributed by atoms with Gasteiger partial charge in [-0.2, -0.15) is 19.6 Å². The van der Waals surface area contributed by atoms with E-state index >= 15 is 0 Å². The van der Waals surface area contributed by atoms with Crippen LogP contribution in [-0.4, -0.2) is 56.9 Å². The molecule has 9 heteroatoms. The molecule has 2 aromatic heterocycles. The Morgan fingerprint density at radius 2 is 1.66 bits per heavy atom. The zero-order valence-electron chi connectivity index (χ0n) is 16.9. The fourth-order valence-corrected chi connectivity index (χ4v) is 3.95. The van der Waals surface area contributed by atoms with Gasteiger partial charge >= 0.3 is 0 Å². The predicted octanol–water partition coefficient (Wildman–Crippen LogP) is 3.19. The zero-order valence-corrected chi connectivity index (χ0v) is 17.7. The molecule has 29 heavy (non-hydrogen) atoms. The molecule has 1 saturated heterocycles. The van der Waals surface area contributed by atoms with Gasteiger partial charge in [-0.1, -0.05) is 54.9 Å². The average Bonchev–Trinajstić information content (AvgIpc) is 3.06. The average molecular weight is 411 g/mol. The largest absolute Gasteiger partial charge is 0.347 e. The van der Waals surface area contributed by atoms with Crippen molar-refractivity contribution in [3.05, 3.63) is 42.2 Å². The van der Waals surface area contributed by atoms with Crippen molar-refractivity contribution >= 4 is 23.7 Å². The van der Waals surface area contributed by atoms with Crippen molar-refractivity contribution in [2.75, 3.05) is 37.0 Å². The second kappa shape index (κ2) is 9.21. The minimum Gasteiger partial charge on any atom is -0.347 e. The van der Waals surface area contributed by atoms with Gasteiger partial charge in [-0.3, -0.25) is 0 Å². The Kier molecular flexibility index (Phi) is 6.24. The zero-order chi connectivity index (χ0) is 20.1. The molecule has 1 aliphatic heterocycles. The van der Waals surface area contributed by atoms with Crippen LogP contribution in [0.5, 0.6) is 0 Å². The standard InChI is InChI=1S/C20H26N8S/c1-26(2)17-22-18(27-12-8-3-4-9-13-27)24-19(23-17)28-15-21-20(25-28)29-14-16-10-6-5-7-11-16/h5-7,10-11,15H,3-4,8-9,12-14H2,1-2H3. The summed E-state index contributed by atoms with van der Waals surface area (Å²) in [5.74, 6) is 2.67. The monoisotopic (exact) mass is 410 g/mol. The van der Waals surface area contributed by atoms with Gasteiger partial charge in [-0.25, -0.2) is 4.98 Å². The van der Waals surface area contributed by atoms with Gasteiger partial charge in [-0.05, 0) is 18.4 Å². The molecule has 8 nitrogen and oxygen atoms in total. The smallest absolute Gasteiger partial charge is 0.258 e. The van der Waals surface area contributed by atoms with Crippen LogP contribution in [0.4, 0.5) is 11.9 Å². The van der Waals surface area contributed by atoms with Crippen LogP contribution in [0, 0.1) is 0 Å². The van der Waals surface area contributed by atoms with E-state index < -0.39 is 0 Å². The first kappa shape index (κ1) is 19.6. The van der Waals surface area contributed by atoms with Gasteiger partial charge in [0.2, 0.25) is 17.1 Å². The minimum atomic E-state index is 0.502. The number of nitrogens with zero attached hydrogens (tertiary/aromatic N) is 8. The van der Waals surface area contributed by atoms with Crippen LogP contribution in [0.25, 0.3) is 5.95 Å². The Balaban J connectivity index is 1.56. The summed E-state index contributed by atoms with van der Waals surface area (Å²) >= 11 is 1.60. The second-order valence-corrected chi connectivity index (χ2v) is 8.22. The number of aromatic nitrogens is 6. The topological polar surface area (TPSA) is 75.9 Å². The first-order valence-corrected chi connectivity index (χ1v) is 10.9. The van der Waals surface area contributed by atoms with E-state index in [0.717, 1.165) is 24.8 Å². The van der Waals surface area contributed by atoms with Crippen molar-refractivity contribution in [2.24, 2.45) is 0 Å². The lowest BCUT2D eigenvalue weighted by atomic mass is 10.2. The van der Waals surface area contributed by atoms with Crippen LogP contribution in [0.15, 0.2) is 41.8 Å². The molecule has 1 aromatic carbocycles. The van der Waals surface area contributed by atoms with Crippen molar-refractivity contribution in [2.45, 2.75) is 36.6 Å². The first-order chi connectivity index (χ1) is 14.2. The quantitative estimate of drug-likeness (QED) is 0.574. The summed E-state index contributed by atoms with van der Waals surface area (Å²) < 4.78 is 1.64. The van der Waals surface area contributed by atoms with Crippen LogP contribution >= 0.6 is 11.8 Å². The van der Waals surface area contributed by atoms with Crippen LogP contribution < -0.4 is 9.80 Å². The number of benzene rings is 1. The highest BCUT2D eigenvalue weighted by Gasteiger charge is 2.18. The molecule has 3 aromatic rings. The van der Waals surface area contributed by atoms with Crippen molar-refractivity contribution in [1.82, 2.24) is 29.7 Å². The predicted molar refractivity (Wildman–Crippen MR) is 116 cm³/mol. The summed E-state index contributed by atoms with van der Waals surface area (Å²) in [6.07, 6.45) is 6.54. The van der Waals surface area contributed by atoms with Crippen molar-refractivity contribution in [1.29, 1.82) is 0 Å². The van der Waals surface area contributed by atoms with Gasteiger partial charge in [0.1, 0.15) is 6.33 Å². The highest BCUT2D eigenvalue weighted by atomic mass is 32.2. The third-order valence-electron chi connectivity index (χ3n) is 4.78. The third kappa shape index (κ3) is 5.03. The summed E-state index contributed by atoms with van der Waals surface area (Å²) in [4.78, 5) is 22.5. The number of thioether (sulfide) groups is 1. The summed E-state index contributed by atoms with van der Waals surface area (Å²) in [6, 6.07) is 10.3. The Morgan fingerprint density at radius 1 is 0.931 bits per heavy atom. The van der Waals surface area contributed by atoms with Crippen LogP contribution in [0.1, 0.15) is 31.2 Å². The second-order valence-electron chi connectivity index (χ2n) is 7.28. The van der Waals surface area contributed by atoms with Crippen LogP contribution in [-0.2, 0) is 5.75 Å². The molecule has 0 unspecified atom stereocenters. The molecule has 0 aliphatic carbocycles. The molecule has 0 atom stereocenters. The fourth-order valence-electron chi connectivity index (χ4n) is 3.19. The number of rotatable bonds is 6. The molecule has 0 radical (unpaired) electrons. The van der Waals surface area contributed by atoms with Crippen LogP contribution in [0.2, 0.25) is 0 Å². The summed E-state index contributed by atoms with van der Waals surface area (Å²) in [5, 5.41) is 5.29. The number of hydrogen-bond acceptors (Lipinski definition) is 8. The lowest BCUT2D eigenvalue weighted by Gasteiger charge is -2.22. The van der Waals surface area contributed by atoms with Crippen molar-refractivity contribution < 1.29 is 0 Å². The molecule has 0 amide bonds. The molecule has 4 rings (SSSR count). The molecule has 3 heterocycles. The number of anilines is 2. The van der Waals surface area contributed by atoms with E-state index in [4.69, 9.17) is 4.98 Å². The first-order valence-electron chi connectivity index (χ1n) is 9.96. The van der Waals surface area contributed by atoms with E-state index in [1.807, 2.05) is 37.2 Å². The van der Waals surface area contributed by atoms with Crippen LogP contribution in [0.3, 0.4) is 0 Å². The molecule has 152 valence electrons. The molecule has 0 N–H and O–H groups in total. The van der Waals surface area contributed by atoms with Gasteiger partial charge in [0, 0.05) is 32.9 Å². The highest BCUT2D eigenvalue weighted by molar-refractivity contribution is 7.98. The Bertz CT molecular complexity index is 919. The Morgan fingerprint density at radius 3 is 2.38 bits per heavy atom. The maximum absolute atomic E-state index is 4.71. The molecule has 0 saturated carbocycles. The molecule has 0 spiro atoms. The molecule has 1 fully saturated rings. The SMILES string of the molecule is CN(C)c1nc(N2CCCCCC2)nc(-n2cnc(SCc3ccccc3)n2)n1. The number of hydrogen-bond donors (Lipinski definition) is 0. The van der Waals surface area contributed by atoms with Crippen molar-refractivity contribution in [3.8, 4) is 5.95 Å². The molecule has 1 aliphatic rings. The Hall–Kier alpha value is -2.68. The molecule has 0 bridgehead atoms. The van der Waals surface area contributed by atoms with Gasteiger partial charge in [0.15, 0.2) is 0 Å². The summed E-state index contributed by atoms with van der Waals surface area (Å²) in [6.45, 7) is 1.96. The highest BCUT2D eigenvalue weighted by Crippen LogP contribution is 2.21. The van der Waals surface area contributed by atoms with Gasteiger partial charge in [0.05, 0.1) is 0 Å². The van der Waals surface area contributed by atoms with Gasteiger partial charge < -0.3 is 9.80 Å². The summed E-state index contributed by atoms with van der Waals surface area (Å²) in [7, 11) is 3.88. The fraction of sp³-hybridized carbons (Fsp3) is 0.450.